The molecule has 1 saturated carbocycles. The molecule has 3 nitrogen and oxygen atoms in total. The van der Waals surface area contributed by atoms with Crippen molar-refractivity contribution < 1.29 is 15.0 Å². The number of hydrogen-bond donors (Lipinski definition) is 2. The standard InChI is InChI=1S/C6H12.CH2O3.ClH/c1-2-4-6-5-3-1;2-1(3)4;/h1-6H2;(H2,2,3,4);1H. The van der Waals surface area contributed by atoms with E-state index in [9.17, 15) is 0 Å². The molecular weight excluding hydrogens is 168 g/mol. The Morgan fingerprint density at radius 1 is 0.818 bits per heavy atom. The quantitative estimate of drug-likeness (QED) is 0.606. The molecule has 1 rings (SSSR count). The maximum absolute atomic E-state index is 8.56. The van der Waals surface area contributed by atoms with E-state index >= 15 is 0 Å². The van der Waals surface area contributed by atoms with E-state index in [1.807, 2.05) is 0 Å². The Kier molecular flexibility index (Phi) is 11.4. The highest BCUT2D eigenvalue weighted by atomic mass is 35.5. The third-order valence-corrected chi connectivity index (χ3v) is 1.50. The number of carbonyl (C=O) groups is 1. The summed E-state index contributed by atoms with van der Waals surface area (Å²) in [5.41, 5.74) is 0. The summed E-state index contributed by atoms with van der Waals surface area (Å²) < 4.78 is 0. The minimum absolute atomic E-state index is 0. The van der Waals surface area contributed by atoms with Crippen LogP contribution in [0.3, 0.4) is 0 Å². The average molecular weight is 183 g/mol. The van der Waals surface area contributed by atoms with Gasteiger partial charge in [0.15, 0.2) is 0 Å². The maximum Gasteiger partial charge on any atom is 0.503 e. The largest absolute Gasteiger partial charge is 0.503 e. The number of hydrogen-bond acceptors (Lipinski definition) is 1. The molecule has 0 amide bonds. The van der Waals surface area contributed by atoms with Crippen LogP contribution in [0.5, 0.6) is 0 Å². The molecular formula is C7H15ClO3. The summed E-state index contributed by atoms with van der Waals surface area (Å²) in [5, 5.41) is 13.9. The monoisotopic (exact) mass is 182 g/mol. The second kappa shape index (κ2) is 9.56. The lowest BCUT2D eigenvalue weighted by atomic mass is 10.0. The van der Waals surface area contributed by atoms with Gasteiger partial charge in [-0.1, -0.05) is 38.5 Å². The van der Waals surface area contributed by atoms with Crippen molar-refractivity contribution in [3.8, 4) is 0 Å². The molecule has 0 saturated heterocycles. The zero-order valence-corrected chi connectivity index (χ0v) is 7.27. The van der Waals surface area contributed by atoms with Crippen LogP contribution in [0, 0.1) is 0 Å². The molecule has 68 valence electrons. The van der Waals surface area contributed by atoms with Crippen molar-refractivity contribution in [2.75, 3.05) is 0 Å². The summed E-state index contributed by atoms with van der Waals surface area (Å²) >= 11 is 0. The first-order chi connectivity index (χ1) is 4.73. The molecule has 0 bridgehead atoms. The van der Waals surface area contributed by atoms with Crippen molar-refractivity contribution in [3.63, 3.8) is 0 Å². The Hall–Kier alpha value is -0.440. The first kappa shape index (κ1) is 13.2. The summed E-state index contributed by atoms with van der Waals surface area (Å²) in [5.74, 6) is 0. The van der Waals surface area contributed by atoms with Gasteiger partial charge in [0, 0.05) is 0 Å². The summed E-state index contributed by atoms with van der Waals surface area (Å²) in [4.78, 5) is 8.56. The van der Waals surface area contributed by atoms with Crippen LogP contribution < -0.4 is 0 Å². The third kappa shape index (κ3) is 17.7. The van der Waals surface area contributed by atoms with Gasteiger partial charge in [0.2, 0.25) is 0 Å². The number of carboxylic acid groups (broad SMARTS) is 2. The van der Waals surface area contributed by atoms with Crippen LogP contribution in [-0.4, -0.2) is 16.4 Å². The van der Waals surface area contributed by atoms with Crippen LogP contribution in [0.1, 0.15) is 38.5 Å². The molecule has 11 heavy (non-hydrogen) atoms. The van der Waals surface area contributed by atoms with Gasteiger partial charge in [-0.3, -0.25) is 0 Å². The van der Waals surface area contributed by atoms with Gasteiger partial charge in [-0.25, -0.2) is 4.79 Å². The molecule has 0 aliphatic heterocycles. The second-order valence-corrected chi connectivity index (χ2v) is 2.40. The fourth-order valence-electron chi connectivity index (χ4n) is 1.06. The van der Waals surface area contributed by atoms with Crippen LogP contribution in [0.4, 0.5) is 4.79 Å². The van der Waals surface area contributed by atoms with E-state index < -0.39 is 6.16 Å². The zero-order valence-electron chi connectivity index (χ0n) is 6.45. The van der Waals surface area contributed by atoms with Crippen molar-refractivity contribution in [1.29, 1.82) is 0 Å². The predicted octanol–water partition coefficient (Wildman–Crippen LogP) is 2.98. The Morgan fingerprint density at radius 2 is 0.909 bits per heavy atom. The molecule has 0 radical (unpaired) electrons. The molecule has 1 aliphatic rings. The minimum atomic E-state index is -1.83. The highest BCUT2D eigenvalue weighted by molar-refractivity contribution is 5.85. The van der Waals surface area contributed by atoms with Crippen molar-refractivity contribution in [3.05, 3.63) is 0 Å². The van der Waals surface area contributed by atoms with E-state index in [4.69, 9.17) is 15.0 Å². The van der Waals surface area contributed by atoms with E-state index in [1.165, 1.54) is 38.5 Å². The molecule has 4 heteroatoms. The van der Waals surface area contributed by atoms with Crippen LogP contribution in [-0.2, 0) is 0 Å². The van der Waals surface area contributed by atoms with Crippen LogP contribution >= 0.6 is 12.4 Å². The van der Waals surface area contributed by atoms with Crippen molar-refractivity contribution in [1.82, 2.24) is 0 Å². The molecule has 0 unspecified atom stereocenters. The first-order valence-corrected chi connectivity index (χ1v) is 3.65. The molecule has 2 N–H and O–H groups in total. The molecule has 0 spiro atoms. The van der Waals surface area contributed by atoms with Gasteiger partial charge >= 0.3 is 6.16 Å². The van der Waals surface area contributed by atoms with Crippen molar-refractivity contribution in [2.45, 2.75) is 38.5 Å². The number of halogens is 1. The van der Waals surface area contributed by atoms with Crippen LogP contribution in [0.2, 0.25) is 0 Å². The smallest absolute Gasteiger partial charge is 0.450 e. The lowest BCUT2D eigenvalue weighted by molar-refractivity contribution is 0.137. The van der Waals surface area contributed by atoms with Gasteiger partial charge < -0.3 is 10.2 Å². The zero-order chi connectivity index (χ0) is 7.82. The van der Waals surface area contributed by atoms with Gasteiger partial charge in [0.25, 0.3) is 0 Å². The Labute approximate surface area is 72.8 Å². The van der Waals surface area contributed by atoms with Crippen LogP contribution in [0.15, 0.2) is 0 Å². The normalized spacial score (nSPS) is 15.3. The lowest BCUT2D eigenvalue weighted by Crippen LogP contribution is -1.85. The molecule has 0 atom stereocenters. The van der Waals surface area contributed by atoms with Gasteiger partial charge in [-0.2, -0.15) is 0 Å². The van der Waals surface area contributed by atoms with Gasteiger partial charge in [-0.15, -0.1) is 12.4 Å². The third-order valence-electron chi connectivity index (χ3n) is 1.50. The molecule has 1 aliphatic carbocycles. The van der Waals surface area contributed by atoms with Gasteiger partial charge in [0.05, 0.1) is 0 Å². The summed E-state index contributed by atoms with van der Waals surface area (Å²) in [6.07, 6.45) is 7.17. The maximum atomic E-state index is 8.56. The Balaban J connectivity index is 0. The first-order valence-electron chi connectivity index (χ1n) is 3.65. The van der Waals surface area contributed by atoms with Gasteiger partial charge in [0.1, 0.15) is 0 Å². The molecule has 0 aromatic heterocycles. The van der Waals surface area contributed by atoms with Gasteiger partial charge in [-0.05, 0) is 0 Å². The molecule has 1 fully saturated rings. The average Bonchev–Trinajstić information content (AvgIpc) is 1.90. The summed E-state index contributed by atoms with van der Waals surface area (Å²) in [7, 11) is 0. The SMILES string of the molecule is C1CCCCC1.Cl.O=C(O)O. The van der Waals surface area contributed by atoms with E-state index in [0.717, 1.165) is 0 Å². The van der Waals surface area contributed by atoms with E-state index in [0.29, 0.717) is 0 Å². The Morgan fingerprint density at radius 3 is 1.00 bits per heavy atom. The summed E-state index contributed by atoms with van der Waals surface area (Å²) in [6, 6.07) is 0. The van der Waals surface area contributed by atoms with E-state index in [1.54, 1.807) is 0 Å². The topological polar surface area (TPSA) is 57.5 Å². The second-order valence-electron chi connectivity index (χ2n) is 2.40. The fraction of sp³-hybridized carbons (Fsp3) is 0.857. The highest BCUT2D eigenvalue weighted by Gasteiger charge is 1.95. The molecule has 0 aromatic rings. The van der Waals surface area contributed by atoms with E-state index in [-0.39, 0.29) is 12.4 Å². The number of rotatable bonds is 0. The Bertz CT molecular complexity index is 76.2. The summed E-state index contributed by atoms with van der Waals surface area (Å²) in [6.45, 7) is 0. The molecule has 0 heterocycles. The molecule has 0 aromatic carbocycles. The highest BCUT2D eigenvalue weighted by Crippen LogP contribution is 2.15. The predicted molar refractivity (Wildman–Crippen MR) is 45.6 cm³/mol. The minimum Gasteiger partial charge on any atom is -0.450 e. The van der Waals surface area contributed by atoms with E-state index in [2.05, 4.69) is 0 Å². The fourth-order valence-corrected chi connectivity index (χ4v) is 1.06. The van der Waals surface area contributed by atoms with Crippen molar-refractivity contribution >= 4 is 18.6 Å². The lowest BCUT2D eigenvalue weighted by Gasteiger charge is -2.05. The van der Waals surface area contributed by atoms with Crippen LogP contribution in [0.25, 0.3) is 0 Å². The van der Waals surface area contributed by atoms with Crippen molar-refractivity contribution in [2.24, 2.45) is 0 Å².